The minimum absolute atomic E-state index is 0.398. The van der Waals surface area contributed by atoms with Crippen LogP contribution in [-0.4, -0.2) is 19.7 Å². The van der Waals surface area contributed by atoms with Gasteiger partial charge in [0.1, 0.15) is 0 Å². The van der Waals surface area contributed by atoms with E-state index in [2.05, 4.69) is 9.71 Å². The second-order valence-electron chi connectivity index (χ2n) is 2.13. The normalized spacial score (nSPS) is 11.5. The van der Waals surface area contributed by atoms with Crippen molar-refractivity contribution in [1.82, 2.24) is 4.98 Å². The Balaban J connectivity index is 2.81. The lowest BCUT2D eigenvalue weighted by atomic mass is 10.8. The zero-order valence-electron chi connectivity index (χ0n) is 6.16. The Morgan fingerprint density at radius 1 is 1.64 bits per heavy atom. The molecule has 1 aromatic heterocycles. The summed E-state index contributed by atoms with van der Waals surface area (Å²) >= 11 is 1.41. The Kier molecular flexibility index (Phi) is 2.15. The smallest absolute Gasteiger partial charge is 0.230 e. The first-order valence-corrected chi connectivity index (χ1v) is 5.64. The minimum atomic E-state index is -3.17. The van der Waals surface area contributed by atoms with Crippen LogP contribution in [0, 0.1) is 6.92 Å². The molecule has 6 heteroatoms. The van der Waals surface area contributed by atoms with Gasteiger partial charge in [0.15, 0.2) is 5.82 Å². The highest BCUT2D eigenvalue weighted by atomic mass is 32.2. The molecule has 0 amide bonds. The molecule has 0 aliphatic rings. The lowest BCUT2D eigenvalue weighted by Crippen LogP contribution is -2.09. The number of nitrogens with zero attached hydrogens (tertiary/aromatic N) is 1. The van der Waals surface area contributed by atoms with Crippen molar-refractivity contribution in [2.45, 2.75) is 6.92 Å². The number of hydrogen-bond acceptors (Lipinski definition) is 4. The molecule has 0 aliphatic carbocycles. The number of nitrogens with one attached hydrogen (secondary N) is 1. The topological polar surface area (TPSA) is 59.1 Å². The molecule has 4 nitrogen and oxygen atoms in total. The molecule has 0 fully saturated rings. The van der Waals surface area contributed by atoms with Crippen molar-refractivity contribution in [2.24, 2.45) is 0 Å². The van der Waals surface area contributed by atoms with Gasteiger partial charge in [0.2, 0.25) is 10.0 Å². The molecule has 0 spiro atoms. The van der Waals surface area contributed by atoms with E-state index in [0.29, 0.717) is 5.82 Å². The quantitative estimate of drug-likeness (QED) is 0.754. The standard InChI is InChI=1S/C5H8N2O2S2/c1-4-6-5(3-10-4)7-11(2,8)9/h3,7H,1-2H3. The third kappa shape index (κ3) is 2.85. The first kappa shape index (κ1) is 8.48. The Morgan fingerprint density at radius 2 is 2.27 bits per heavy atom. The number of hydrogen-bond donors (Lipinski definition) is 1. The van der Waals surface area contributed by atoms with Gasteiger partial charge in [-0.3, -0.25) is 4.72 Å². The third-order valence-electron chi connectivity index (χ3n) is 0.909. The molecule has 0 radical (unpaired) electrons. The summed E-state index contributed by atoms with van der Waals surface area (Å²) in [6, 6.07) is 0. The number of sulfonamides is 1. The van der Waals surface area contributed by atoms with Crippen molar-refractivity contribution in [3.8, 4) is 0 Å². The third-order valence-corrected chi connectivity index (χ3v) is 2.26. The van der Waals surface area contributed by atoms with Gasteiger partial charge < -0.3 is 0 Å². The highest BCUT2D eigenvalue weighted by molar-refractivity contribution is 7.92. The average Bonchev–Trinajstić information content (AvgIpc) is 2.10. The average molecular weight is 192 g/mol. The Labute approximate surface area is 69.3 Å². The summed E-state index contributed by atoms with van der Waals surface area (Å²) in [6.07, 6.45) is 1.10. The van der Waals surface area contributed by atoms with Gasteiger partial charge in [-0.1, -0.05) is 0 Å². The van der Waals surface area contributed by atoms with E-state index >= 15 is 0 Å². The van der Waals surface area contributed by atoms with Crippen LogP contribution in [0.25, 0.3) is 0 Å². The molecule has 0 saturated carbocycles. The molecule has 0 aromatic carbocycles. The van der Waals surface area contributed by atoms with Crippen LogP contribution in [0.2, 0.25) is 0 Å². The molecule has 1 aromatic rings. The largest absolute Gasteiger partial charge is 0.267 e. The highest BCUT2D eigenvalue weighted by Crippen LogP contribution is 2.13. The van der Waals surface area contributed by atoms with E-state index in [1.807, 2.05) is 6.92 Å². The lowest BCUT2D eigenvalue weighted by Gasteiger charge is -1.96. The highest BCUT2D eigenvalue weighted by Gasteiger charge is 2.03. The molecule has 0 saturated heterocycles. The van der Waals surface area contributed by atoms with E-state index in [4.69, 9.17) is 0 Å². The van der Waals surface area contributed by atoms with Gasteiger partial charge in [-0.05, 0) is 6.92 Å². The molecule has 11 heavy (non-hydrogen) atoms. The molecule has 0 unspecified atom stereocenters. The number of thiazole rings is 1. The van der Waals surface area contributed by atoms with Gasteiger partial charge in [-0.15, -0.1) is 11.3 Å². The summed E-state index contributed by atoms with van der Waals surface area (Å²) in [5.41, 5.74) is 0. The molecule has 1 rings (SSSR count). The first-order valence-electron chi connectivity index (χ1n) is 2.87. The summed E-state index contributed by atoms with van der Waals surface area (Å²) < 4.78 is 23.6. The van der Waals surface area contributed by atoms with Crippen molar-refractivity contribution in [3.05, 3.63) is 10.4 Å². The zero-order chi connectivity index (χ0) is 8.48. The molecule has 1 heterocycles. The van der Waals surface area contributed by atoms with Crippen LogP contribution >= 0.6 is 11.3 Å². The first-order chi connectivity index (χ1) is 4.97. The van der Waals surface area contributed by atoms with Crippen LogP contribution in [0.5, 0.6) is 0 Å². The zero-order valence-corrected chi connectivity index (χ0v) is 7.79. The molecular weight excluding hydrogens is 184 g/mol. The van der Waals surface area contributed by atoms with Crippen LogP contribution in [0.1, 0.15) is 5.01 Å². The Hall–Kier alpha value is -0.620. The number of aromatic nitrogens is 1. The maximum absolute atomic E-state index is 10.7. The van der Waals surface area contributed by atoms with Gasteiger partial charge >= 0.3 is 0 Å². The van der Waals surface area contributed by atoms with E-state index in [1.165, 1.54) is 11.3 Å². The molecule has 0 aliphatic heterocycles. The van der Waals surface area contributed by atoms with Crippen molar-refractivity contribution < 1.29 is 8.42 Å². The Morgan fingerprint density at radius 3 is 2.64 bits per heavy atom. The van der Waals surface area contributed by atoms with Gasteiger partial charge in [0.05, 0.1) is 11.3 Å². The van der Waals surface area contributed by atoms with Crippen LogP contribution in [0.3, 0.4) is 0 Å². The van der Waals surface area contributed by atoms with Crippen LogP contribution in [0.15, 0.2) is 5.38 Å². The van der Waals surface area contributed by atoms with Crippen molar-refractivity contribution in [2.75, 3.05) is 11.0 Å². The van der Waals surface area contributed by atoms with E-state index in [9.17, 15) is 8.42 Å². The molecule has 62 valence electrons. The number of aryl methyl sites for hydroxylation is 1. The number of anilines is 1. The maximum atomic E-state index is 10.7. The molecule has 1 N–H and O–H groups in total. The van der Waals surface area contributed by atoms with Crippen molar-refractivity contribution in [1.29, 1.82) is 0 Å². The van der Waals surface area contributed by atoms with Gasteiger partial charge in [0.25, 0.3) is 0 Å². The van der Waals surface area contributed by atoms with Crippen LogP contribution < -0.4 is 4.72 Å². The van der Waals surface area contributed by atoms with Crippen molar-refractivity contribution >= 4 is 27.2 Å². The molecular formula is C5H8N2O2S2. The van der Waals surface area contributed by atoms with Crippen molar-refractivity contribution in [3.63, 3.8) is 0 Å². The SMILES string of the molecule is Cc1nc(NS(C)(=O)=O)cs1. The summed E-state index contributed by atoms with van der Waals surface area (Å²) in [5, 5.41) is 2.51. The summed E-state index contributed by atoms with van der Waals surface area (Å²) in [7, 11) is -3.17. The van der Waals surface area contributed by atoms with Gasteiger partial charge in [-0.25, -0.2) is 13.4 Å². The second-order valence-corrected chi connectivity index (χ2v) is 4.94. The van der Waals surface area contributed by atoms with E-state index in [1.54, 1.807) is 5.38 Å². The fourth-order valence-electron chi connectivity index (χ4n) is 0.600. The molecule has 0 atom stereocenters. The fraction of sp³-hybridized carbons (Fsp3) is 0.400. The van der Waals surface area contributed by atoms with Gasteiger partial charge in [-0.2, -0.15) is 0 Å². The van der Waals surface area contributed by atoms with Crippen LogP contribution in [0.4, 0.5) is 5.82 Å². The van der Waals surface area contributed by atoms with E-state index < -0.39 is 10.0 Å². The van der Waals surface area contributed by atoms with Crippen LogP contribution in [-0.2, 0) is 10.0 Å². The fourth-order valence-corrected chi connectivity index (χ4v) is 1.70. The molecule has 0 bridgehead atoms. The van der Waals surface area contributed by atoms with E-state index in [0.717, 1.165) is 11.3 Å². The summed E-state index contributed by atoms with van der Waals surface area (Å²) in [6.45, 7) is 1.82. The predicted molar refractivity (Wildman–Crippen MR) is 45.3 cm³/mol. The monoisotopic (exact) mass is 192 g/mol. The summed E-state index contributed by atoms with van der Waals surface area (Å²) in [5.74, 6) is 0.398. The van der Waals surface area contributed by atoms with Gasteiger partial charge in [0, 0.05) is 5.38 Å². The maximum Gasteiger partial charge on any atom is 0.230 e. The van der Waals surface area contributed by atoms with E-state index in [-0.39, 0.29) is 0 Å². The Bertz CT molecular complexity index is 341. The predicted octanol–water partition coefficient (Wildman–Crippen LogP) is 0.823. The number of rotatable bonds is 2. The second kappa shape index (κ2) is 2.78. The minimum Gasteiger partial charge on any atom is -0.267 e. The summed E-state index contributed by atoms with van der Waals surface area (Å²) in [4.78, 5) is 3.92. The lowest BCUT2D eigenvalue weighted by molar-refractivity contribution is 0.606.